The average Bonchev–Trinajstić information content (AvgIpc) is 3.16. The number of carbonyl (C=O) groups excluding carboxylic acids is 2. The number of hydrogen-bond acceptors (Lipinski definition) is 8. The Hall–Kier alpha value is -3.89. The Balaban J connectivity index is 4.34. The molecule has 0 radical (unpaired) electrons. The van der Waals surface area contributed by atoms with Gasteiger partial charge in [0.1, 0.15) is 6.61 Å². The summed E-state index contributed by atoms with van der Waals surface area (Å²) in [5.74, 6) is -1.15. The second kappa shape index (κ2) is 38.0. The standard InChI is InChI=1S/C45H67O10P/c1-3-5-7-8-9-10-11-12-13-14-15-16-17-18-22-25-31-38-45(49)55-43(40-54-56(50,51)52)39-53-44(48)37-32-26-30-36-42(47)35-29-24-21-19-20-23-28-34-41(46)33-27-6-4-2/h5-7,9-10,12-13,15-16,18,20-24,27-30,34-36,41-43,46-47H,3-4,8,11,14,17,19,25-26,31-33,37-40H2,1-2H3,(H2,50,51,52)/b7-5-,10-9-,13-12-,16-15-,22-18-,23-20-,24-21-,27-6-,34-28+,35-29+,36-30-/t41-,42-,43-/m1/s1. The van der Waals surface area contributed by atoms with Crippen molar-refractivity contribution >= 4 is 19.8 Å². The number of ether oxygens (including phenoxy) is 2. The summed E-state index contributed by atoms with van der Waals surface area (Å²) in [6.45, 7) is 3.14. The van der Waals surface area contributed by atoms with Gasteiger partial charge in [0.25, 0.3) is 0 Å². The molecule has 56 heavy (non-hydrogen) atoms. The Morgan fingerprint density at radius 1 is 0.571 bits per heavy atom. The van der Waals surface area contributed by atoms with Crippen molar-refractivity contribution in [1.82, 2.24) is 0 Å². The van der Waals surface area contributed by atoms with E-state index in [-0.39, 0.29) is 12.8 Å². The van der Waals surface area contributed by atoms with E-state index in [2.05, 4.69) is 60.1 Å². The minimum absolute atomic E-state index is 0.0594. The van der Waals surface area contributed by atoms with Crippen LogP contribution in [0.3, 0.4) is 0 Å². The third-order valence-electron chi connectivity index (χ3n) is 7.34. The molecule has 10 nitrogen and oxygen atoms in total. The van der Waals surface area contributed by atoms with Crippen LogP contribution < -0.4 is 0 Å². The highest BCUT2D eigenvalue weighted by Crippen LogP contribution is 2.35. The minimum atomic E-state index is -4.83. The van der Waals surface area contributed by atoms with Crippen LogP contribution in [-0.2, 0) is 28.2 Å². The van der Waals surface area contributed by atoms with E-state index in [1.54, 1.807) is 30.4 Å². The van der Waals surface area contributed by atoms with Gasteiger partial charge in [0, 0.05) is 12.8 Å². The molecule has 4 N–H and O–H groups in total. The third kappa shape index (κ3) is 39.8. The van der Waals surface area contributed by atoms with Crippen LogP contribution in [0.5, 0.6) is 0 Å². The second-order valence-corrected chi connectivity index (χ2v) is 13.8. The summed E-state index contributed by atoms with van der Waals surface area (Å²) in [7, 11) is -4.83. The number of aliphatic hydroxyl groups is 2. The van der Waals surface area contributed by atoms with Gasteiger partial charge in [0.15, 0.2) is 6.10 Å². The number of aliphatic hydroxyl groups excluding tert-OH is 2. The molecule has 0 spiro atoms. The number of allylic oxidation sites excluding steroid dienone is 18. The number of rotatable bonds is 33. The fourth-order valence-electron chi connectivity index (χ4n) is 4.44. The quantitative estimate of drug-likeness (QED) is 0.0165. The molecule has 3 atom stereocenters. The molecule has 0 saturated carbocycles. The Bertz CT molecular complexity index is 1390. The molecule has 0 unspecified atom stereocenters. The number of phosphoric acid groups is 1. The maximum Gasteiger partial charge on any atom is 0.469 e. The third-order valence-corrected chi connectivity index (χ3v) is 7.82. The first kappa shape index (κ1) is 52.1. The summed E-state index contributed by atoms with van der Waals surface area (Å²) < 4.78 is 26.2. The van der Waals surface area contributed by atoms with E-state index in [4.69, 9.17) is 19.3 Å². The topological polar surface area (TPSA) is 160 Å². The molecular weight excluding hydrogens is 731 g/mol. The lowest BCUT2D eigenvalue weighted by atomic mass is 10.2. The van der Waals surface area contributed by atoms with Crippen molar-refractivity contribution in [2.45, 2.75) is 122 Å². The SMILES string of the molecule is CC/C=C\C/C=C\C/C=C\C/C=C\C/C=C\CCCC(=O)O[C@H](COC(=O)CCC/C=C\[C@H](O)/C=C/C=C\C/C=C\C=C\[C@H](O)C/C=C\CC)COP(=O)(O)O. The molecule has 0 aromatic carbocycles. The van der Waals surface area contributed by atoms with Crippen LogP contribution >= 0.6 is 7.82 Å². The summed E-state index contributed by atoms with van der Waals surface area (Å²) >= 11 is 0. The molecule has 0 saturated heterocycles. The van der Waals surface area contributed by atoms with E-state index < -0.39 is 51.3 Å². The van der Waals surface area contributed by atoms with Crippen LogP contribution in [0.15, 0.2) is 134 Å². The number of carbonyl (C=O) groups is 2. The maximum atomic E-state index is 12.4. The van der Waals surface area contributed by atoms with Crippen molar-refractivity contribution in [2.75, 3.05) is 13.2 Å². The van der Waals surface area contributed by atoms with Gasteiger partial charge in [0.05, 0.1) is 18.8 Å². The fourth-order valence-corrected chi connectivity index (χ4v) is 4.80. The second-order valence-electron chi connectivity index (χ2n) is 12.5. The van der Waals surface area contributed by atoms with Crippen molar-refractivity contribution in [3.8, 4) is 0 Å². The number of phosphoric ester groups is 1. The summed E-state index contributed by atoms with van der Waals surface area (Å²) in [4.78, 5) is 42.8. The van der Waals surface area contributed by atoms with Crippen LogP contribution in [0.1, 0.15) is 104 Å². The minimum Gasteiger partial charge on any atom is -0.462 e. The van der Waals surface area contributed by atoms with Crippen LogP contribution in [0.25, 0.3) is 0 Å². The summed E-state index contributed by atoms with van der Waals surface area (Å²) in [6.07, 6.45) is 49.7. The van der Waals surface area contributed by atoms with Crippen molar-refractivity contribution < 1.29 is 48.2 Å². The molecule has 0 bridgehead atoms. The smallest absolute Gasteiger partial charge is 0.462 e. The van der Waals surface area contributed by atoms with Gasteiger partial charge in [-0.2, -0.15) is 0 Å². The summed E-state index contributed by atoms with van der Waals surface area (Å²) in [5.41, 5.74) is 0. The molecule has 0 aliphatic carbocycles. The van der Waals surface area contributed by atoms with Gasteiger partial charge in [-0.05, 0) is 77.0 Å². The van der Waals surface area contributed by atoms with Gasteiger partial charge in [0.2, 0.25) is 0 Å². The van der Waals surface area contributed by atoms with Gasteiger partial charge in [-0.3, -0.25) is 14.1 Å². The summed E-state index contributed by atoms with van der Waals surface area (Å²) in [6, 6.07) is 0. The molecule has 11 heteroatoms. The van der Waals surface area contributed by atoms with E-state index in [9.17, 15) is 24.4 Å². The normalized spacial score (nSPS) is 15.0. The lowest BCUT2D eigenvalue weighted by molar-refractivity contribution is -0.161. The van der Waals surface area contributed by atoms with Crippen molar-refractivity contribution in [1.29, 1.82) is 0 Å². The lowest BCUT2D eigenvalue weighted by Crippen LogP contribution is -2.29. The van der Waals surface area contributed by atoms with E-state index in [0.29, 0.717) is 38.5 Å². The number of hydrogen-bond donors (Lipinski definition) is 4. The Morgan fingerprint density at radius 2 is 1.07 bits per heavy atom. The van der Waals surface area contributed by atoms with E-state index in [1.165, 1.54) is 0 Å². The molecular formula is C45H67O10P. The van der Waals surface area contributed by atoms with E-state index >= 15 is 0 Å². The first-order valence-corrected chi connectivity index (χ1v) is 21.2. The number of unbranched alkanes of at least 4 members (excludes halogenated alkanes) is 2. The van der Waals surface area contributed by atoms with Crippen LogP contribution in [-0.4, -0.2) is 63.5 Å². The maximum absolute atomic E-state index is 12.4. The Morgan fingerprint density at radius 3 is 1.66 bits per heavy atom. The highest BCUT2D eigenvalue weighted by atomic mass is 31.2. The molecule has 0 aromatic rings. The molecule has 312 valence electrons. The molecule has 0 fully saturated rings. The monoisotopic (exact) mass is 798 g/mol. The van der Waals surface area contributed by atoms with Crippen LogP contribution in [0, 0.1) is 0 Å². The van der Waals surface area contributed by atoms with Crippen molar-refractivity contribution in [2.24, 2.45) is 0 Å². The predicted molar refractivity (Wildman–Crippen MR) is 227 cm³/mol. The zero-order valence-corrected chi connectivity index (χ0v) is 34.3. The van der Waals surface area contributed by atoms with Crippen molar-refractivity contribution in [3.05, 3.63) is 134 Å². The molecule has 0 aliphatic rings. The summed E-state index contributed by atoms with van der Waals surface area (Å²) in [5, 5.41) is 19.9. The fraction of sp³-hybridized carbons (Fsp3) is 0.467. The van der Waals surface area contributed by atoms with Gasteiger partial charge in [-0.25, -0.2) is 4.57 Å². The van der Waals surface area contributed by atoms with Gasteiger partial charge in [-0.1, -0.05) is 148 Å². The van der Waals surface area contributed by atoms with Gasteiger partial charge >= 0.3 is 19.8 Å². The molecule has 0 aliphatic heterocycles. The van der Waals surface area contributed by atoms with Crippen LogP contribution in [0.4, 0.5) is 0 Å². The first-order chi connectivity index (χ1) is 27.1. The van der Waals surface area contributed by atoms with Crippen LogP contribution in [0.2, 0.25) is 0 Å². The predicted octanol–water partition coefficient (Wildman–Crippen LogP) is 9.89. The lowest BCUT2D eigenvalue weighted by Gasteiger charge is -2.18. The zero-order chi connectivity index (χ0) is 41.4. The average molecular weight is 799 g/mol. The Labute approximate surface area is 336 Å². The van der Waals surface area contributed by atoms with Crippen molar-refractivity contribution in [3.63, 3.8) is 0 Å². The number of esters is 2. The van der Waals surface area contributed by atoms with Gasteiger partial charge in [-0.15, -0.1) is 0 Å². The molecule has 0 rings (SSSR count). The first-order valence-electron chi connectivity index (χ1n) is 19.7. The van der Waals surface area contributed by atoms with E-state index in [1.807, 2.05) is 61.6 Å². The molecule has 0 heterocycles. The van der Waals surface area contributed by atoms with E-state index in [0.717, 1.165) is 38.5 Å². The van der Waals surface area contributed by atoms with Gasteiger partial charge < -0.3 is 29.5 Å². The largest absolute Gasteiger partial charge is 0.469 e. The highest BCUT2D eigenvalue weighted by Gasteiger charge is 2.22. The molecule has 0 amide bonds. The zero-order valence-electron chi connectivity index (χ0n) is 33.4. The highest BCUT2D eigenvalue weighted by molar-refractivity contribution is 7.46. The molecule has 0 aromatic heterocycles. The Kier molecular flexibility index (Phi) is 35.4.